The maximum Gasteiger partial charge on any atom is -0.0233 e. The van der Waals surface area contributed by atoms with Crippen LogP contribution in [-0.2, 0) is 0 Å². The number of hydrogen-bond acceptors (Lipinski definition) is 0. The van der Waals surface area contributed by atoms with E-state index in [4.69, 9.17) is 0 Å². The van der Waals surface area contributed by atoms with E-state index in [-0.39, 0.29) is 0 Å². The summed E-state index contributed by atoms with van der Waals surface area (Å²) >= 11 is 0. The summed E-state index contributed by atoms with van der Waals surface area (Å²) in [6, 6.07) is 25.3. The molecule has 0 saturated carbocycles. The van der Waals surface area contributed by atoms with E-state index in [2.05, 4.69) is 114 Å². The molecular formula is C28H34. The van der Waals surface area contributed by atoms with Gasteiger partial charge in [-0.05, 0) is 52.7 Å². The first kappa shape index (κ1) is 23.2. The van der Waals surface area contributed by atoms with Gasteiger partial charge in [-0.15, -0.1) is 0 Å². The standard InChI is InChI=1S/2C10H12.C8H10/c2*1-8(2)10-6-4-9(3)5-7-10;1-7-3-5-8(2)6-4-7/h2*4-7H,1H2,2-3H3;3-6H,1-2H3. The summed E-state index contributed by atoms with van der Waals surface area (Å²) in [4.78, 5) is 0. The van der Waals surface area contributed by atoms with E-state index >= 15 is 0 Å². The molecule has 0 radical (unpaired) electrons. The number of aryl methyl sites for hydroxylation is 4. The lowest BCUT2D eigenvalue weighted by Crippen LogP contribution is -1.76. The van der Waals surface area contributed by atoms with E-state index < -0.39 is 0 Å². The molecule has 0 fully saturated rings. The highest BCUT2D eigenvalue weighted by Gasteiger charge is 1.90. The predicted molar refractivity (Wildman–Crippen MR) is 128 cm³/mol. The molecule has 0 amide bonds. The van der Waals surface area contributed by atoms with Crippen LogP contribution in [0.4, 0.5) is 0 Å². The Morgan fingerprint density at radius 2 is 0.607 bits per heavy atom. The van der Waals surface area contributed by atoms with Gasteiger partial charge in [0.1, 0.15) is 0 Å². The van der Waals surface area contributed by atoms with Crippen LogP contribution in [0.3, 0.4) is 0 Å². The van der Waals surface area contributed by atoms with Crippen molar-refractivity contribution < 1.29 is 0 Å². The van der Waals surface area contributed by atoms with Crippen molar-refractivity contribution in [3.8, 4) is 0 Å². The van der Waals surface area contributed by atoms with Crippen LogP contribution in [0.5, 0.6) is 0 Å². The van der Waals surface area contributed by atoms with Gasteiger partial charge >= 0.3 is 0 Å². The molecule has 0 aromatic heterocycles. The van der Waals surface area contributed by atoms with Gasteiger partial charge in [0.2, 0.25) is 0 Å². The van der Waals surface area contributed by atoms with Crippen LogP contribution in [0.25, 0.3) is 11.1 Å². The summed E-state index contributed by atoms with van der Waals surface area (Å²) in [5.74, 6) is 0. The fraction of sp³-hybridized carbons (Fsp3) is 0.214. The molecule has 0 bridgehead atoms. The number of benzene rings is 3. The van der Waals surface area contributed by atoms with Crippen molar-refractivity contribution in [2.75, 3.05) is 0 Å². The summed E-state index contributed by atoms with van der Waals surface area (Å²) in [6.45, 7) is 20.1. The van der Waals surface area contributed by atoms with Crippen molar-refractivity contribution in [2.24, 2.45) is 0 Å². The summed E-state index contributed by atoms with van der Waals surface area (Å²) in [7, 11) is 0. The molecule has 0 unspecified atom stereocenters. The average molecular weight is 371 g/mol. The van der Waals surface area contributed by atoms with Crippen LogP contribution >= 0.6 is 0 Å². The van der Waals surface area contributed by atoms with Crippen LogP contribution in [-0.4, -0.2) is 0 Å². The SMILES string of the molecule is C=C(C)c1ccc(C)cc1.C=C(C)c1ccc(C)cc1.Cc1ccc(C)cc1. The Morgan fingerprint density at radius 1 is 0.429 bits per heavy atom. The molecule has 0 heterocycles. The van der Waals surface area contributed by atoms with Crippen molar-refractivity contribution in [3.05, 3.63) is 119 Å². The van der Waals surface area contributed by atoms with E-state index in [9.17, 15) is 0 Å². The highest BCUT2D eigenvalue weighted by Crippen LogP contribution is 2.12. The van der Waals surface area contributed by atoms with Gasteiger partial charge in [0.25, 0.3) is 0 Å². The van der Waals surface area contributed by atoms with Gasteiger partial charge in [0, 0.05) is 0 Å². The third kappa shape index (κ3) is 9.19. The molecule has 3 rings (SSSR count). The Hall–Kier alpha value is -2.86. The molecule has 0 aliphatic carbocycles. The zero-order valence-electron chi connectivity index (χ0n) is 18.3. The minimum absolute atomic E-state index is 1.13. The summed E-state index contributed by atoms with van der Waals surface area (Å²) in [6.07, 6.45) is 0. The Balaban J connectivity index is 0.000000212. The monoisotopic (exact) mass is 370 g/mol. The molecule has 0 heteroatoms. The van der Waals surface area contributed by atoms with E-state index in [0.717, 1.165) is 11.1 Å². The van der Waals surface area contributed by atoms with Crippen LogP contribution in [0.15, 0.2) is 86.0 Å². The van der Waals surface area contributed by atoms with Gasteiger partial charge in [-0.3, -0.25) is 0 Å². The van der Waals surface area contributed by atoms with Gasteiger partial charge in [0.15, 0.2) is 0 Å². The van der Waals surface area contributed by atoms with Gasteiger partial charge < -0.3 is 0 Å². The average Bonchev–Trinajstić information content (AvgIpc) is 2.66. The van der Waals surface area contributed by atoms with E-state index in [1.165, 1.54) is 33.4 Å². The smallest absolute Gasteiger partial charge is 0.0233 e. The van der Waals surface area contributed by atoms with E-state index in [1.807, 2.05) is 13.8 Å². The van der Waals surface area contributed by atoms with Crippen molar-refractivity contribution in [3.63, 3.8) is 0 Å². The van der Waals surface area contributed by atoms with Gasteiger partial charge in [-0.25, -0.2) is 0 Å². The van der Waals surface area contributed by atoms with Gasteiger partial charge in [0.05, 0.1) is 0 Å². The summed E-state index contributed by atoms with van der Waals surface area (Å²) in [5, 5.41) is 0. The Labute approximate surface area is 172 Å². The van der Waals surface area contributed by atoms with Crippen molar-refractivity contribution in [1.82, 2.24) is 0 Å². The molecule has 0 aliphatic rings. The lowest BCUT2D eigenvalue weighted by Gasteiger charge is -1.98. The van der Waals surface area contributed by atoms with Crippen LogP contribution in [0.1, 0.15) is 47.2 Å². The highest BCUT2D eigenvalue weighted by atomic mass is 14.0. The fourth-order valence-electron chi connectivity index (χ4n) is 2.31. The molecule has 28 heavy (non-hydrogen) atoms. The lowest BCUT2D eigenvalue weighted by atomic mass is 10.1. The maximum atomic E-state index is 3.86. The second kappa shape index (κ2) is 11.8. The maximum absolute atomic E-state index is 3.86. The first-order valence-corrected chi connectivity index (χ1v) is 9.67. The second-order valence-corrected chi connectivity index (χ2v) is 7.45. The van der Waals surface area contributed by atoms with Crippen molar-refractivity contribution in [2.45, 2.75) is 41.5 Å². The molecule has 0 saturated heterocycles. The third-order valence-corrected chi connectivity index (χ3v) is 4.31. The minimum Gasteiger partial charge on any atom is -0.0955 e. The molecule has 0 atom stereocenters. The normalized spacial score (nSPS) is 9.36. The number of rotatable bonds is 2. The summed E-state index contributed by atoms with van der Waals surface area (Å²) < 4.78 is 0. The van der Waals surface area contributed by atoms with Crippen LogP contribution < -0.4 is 0 Å². The van der Waals surface area contributed by atoms with Gasteiger partial charge in [-0.2, -0.15) is 0 Å². The topological polar surface area (TPSA) is 0 Å². The van der Waals surface area contributed by atoms with Crippen molar-refractivity contribution >= 4 is 11.1 Å². The molecule has 3 aromatic rings. The summed E-state index contributed by atoms with van der Waals surface area (Å²) in [5.41, 5.74) is 9.96. The van der Waals surface area contributed by atoms with Crippen LogP contribution in [0, 0.1) is 27.7 Å². The largest absolute Gasteiger partial charge is 0.0955 e. The zero-order chi connectivity index (χ0) is 21.1. The van der Waals surface area contributed by atoms with Crippen LogP contribution in [0.2, 0.25) is 0 Å². The zero-order valence-corrected chi connectivity index (χ0v) is 18.3. The molecule has 0 spiro atoms. The first-order valence-electron chi connectivity index (χ1n) is 9.67. The van der Waals surface area contributed by atoms with Gasteiger partial charge in [-0.1, -0.05) is 119 Å². The second-order valence-electron chi connectivity index (χ2n) is 7.45. The molecule has 3 aromatic carbocycles. The van der Waals surface area contributed by atoms with E-state index in [1.54, 1.807) is 0 Å². The van der Waals surface area contributed by atoms with E-state index in [0.29, 0.717) is 0 Å². The molecular weight excluding hydrogens is 336 g/mol. The fourth-order valence-corrected chi connectivity index (χ4v) is 2.31. The van der Waals surface area contributed by atoms with Crippen molar-refractivity contribution in [1.29, 1.82) is 0 Å². The highest BCUT2D eigenvalue weighted by molar-refractivity contribution is 5.61. The third-order valence-electron chi connectivity index (χ3n) is 4.31. The minimum atomic E-state index is 1.13. The Bertz CT molecular complexity index is 784. The molecule has 0 nitrogen and oxygen atoms in total. The Kier molecular flexibility index (Phi) is 9.74. The Morgan fingerprint density at radius 3 is 0.786 bits per heavy atom. The molecule has 146 valence electrons. The quantitative estimate of drug-likeness (QED) is 0.425. The first-order chi connectivity index (χ1) is 13.2. The predicted octanol–water partition coefficient (Wildman–Crippen LogP) is 8.36. The number of allylic oxidation sites excluding steroid dienone is 2. The lowest BCUT2D eigenvalue weighted by molar-refractivity contribution is 1.40. The molecule has 0 aliphatic heterocycles. The molecule has 0 N–H and O–H groups in total. The number of hydrogen-bond donors (Lipinski definition) is 0.